The van der Waals surface area contributed by atoms with Gasteiger partial charge in [0.25, 0.3) is 0 Å². The molecule has 2 aliphatic rings. The molecule has 2 aromatic carbocycles. The van der Waals surface area contributed by atoms with Crippen molar-refractivity contribution in [1.82, 2.24) is 15.5 Å². The van der Waals surface area contributed by atoms with Gasteiger partial charge >= 0.3 is 12.1 Å². The Balaban J connectivity index is 1.38. The molecule has 2 aromatic rings. The Hall–Kier alpha value is -3.88. The number of likely N-dealkylation sites (N-methyl/N-ethyl adjacent to an activating group) is 1. The van der Waals surface area contributed by atoms with Crippen molar-refractivity contribution in [2.45, 2.75) is 56.5 Å². The number of ether oxygens (including phenoxy) is 1. The molecular formula is C28H33N3O6. The largest absolute Gasteiger partial charge is 0.481 e. The summed E-state index contributed by atoms with van der Waals surface area (Å²) in [6.07, 6.45) is 1.58. The van der Waals surface area contributed by atoms with E-state index >= 15 is 0 Å². The van der Waals surface area contributed by atoms with Crippen LogP contribution in [0.1, 0.15) is 56.1 Å². The second kappa shape index (κ2) is 11.0. The van der Waals surface area contributed by atoms with E-state index < -0.39 is 29.6 Å². The van der Waals surface area contributed by atoms with Gasteiger partial charge in [0.05, 0.1) is 13.0 Å². The third kappa shape index (κ3) is 5.76. The highest BCUT2D eigenvalue weighted by atomic mass is 16.5. The molecule has 3 amide bonds. The van der Waals surface area contributed by atoms with Crippen LogP contribution >= 0.6 is 0 Å². The molecule has 1 atom stereocenters. The highest BCUT2D eigenvalue weighted by Crippen LogP contribution is 2.44. The second-order valence-electron chi connectivity index (χ2n) is 9.97. The van der Waals surface area contributed by atoms with Gasteiger partial charge in [-0.3, -0.25) is 14.4 Å². The van der Waals surface area contributed by atoms with Crippen LogP contribution in [0.15, 0.2) is 48.5 Å². The van der Waals surface area contributed by atoms with Gasteiger partial charge in [-0.25, -0.2) is 4.79 Å². The fourth-order valence-electron chi connectivity index (χ4n) is 5.49. The lowest BCUT2D eigenvalue weighted by Gasteiger charge is -2.33. The molecule has 0 radical (unpaired) electrons. The molecular weight excluding hydrogens is 474 g/mol. The third-order valence-electron chi connectivity index (χ3n) is 7.17. The summed E-state index contributed by atoms with van der Waals surface area (Å²) < 4.78 is 5.67. The average Bonchev–Trinajstić information content (AvgIpc) is 3.45. The van der Waals surface area contributed by atoms with Crippen molar-refractivity contribution in [3.63, 3.8) is 0 Å². The SMILES string of the molecule is C[C@H](CC(=O)O)NC(=O)CN(C)C(=O)C1(NC(=O)OCC2c3ccccc3-c3ccccc32)CCCC1. The number of carboxylic acid groups (broad SMARTS) is 1. The predicted molar refractivity (Wildman–Crippen MR) is 137 cm³/mol. The van der Waals surface area contributed by atoms with Crippen LogP contribution < -0.4 is 10.6 Å². The monoisotopic (exact) mass is 507 g/mol. The first kappa shape index (κ1) is 26.2. The van der Waals surface area contributed by atoms with Crippen molar-refractivity contribution in [3.05, 3.63) is 59.7 Å². The number of hydrogen-bond donors (Lipinski definition) is 3. The fraction of sp³-hybridized carbons (Fsp3) is 0.429. The fourth-order valence-corrected chi connectivity index (χ4v) is 5.49. The molecule has 0 saturated heterocycles. The minimum absolute atomic E-state index is 0.0902. The summed E-state index contributed by atoms with van der Waals surface area (Å²) in [4.78, 5) is 50.8. The summed E-state index contributed by atoms with van der Waals surface area (Å²) in [5.74, 6) is -1.93. The predicted octanol–water partition coefficient (Wildman–Crippen LogP) is 3.28. The number of carboxylic acids is 1. The number of alkyl carbamates (subject to hydrolysis) is 1. The highest BCUT2D eigenvalue weighted by Gasteiger charge is 2.45. The molecule has 1 fully saturated rings. The molecule has 0 bridgehead atoms. The number of fused-ring (bicyclic) bond motifs is 3. The molecule has 1 saturated carbocycles. The summed E-state index contributed by atoms with van der Waals surface area (Å²) in [7, 11) is 1.50. The van der Waals surface area contributed by atoms with Gasteiger partial charge in [-0.1, -0.05) is 61.4 Å². The first-order valence-electron chi connectivity index (χ1n) is 12.6. The number of amides is 3. The molecule has 37 heavy (non-hydrogen) atoms. The van der Waals surface area contributed by atoms with Crippen molar-refractivity contribution < 1.29 is 29.0 Å². The van der Waals surface area contributed by atoms with E-state index in [2.05, 4.69) is 22.8 Å². The van der Waals surface area contributed by atoms with Gasteiger partial charge < -0.3 is 25.4 Å². The maximum Gasteiger partial charge on any atom is 0.408 e. The van der Waals surface area contributed by atoms with Gasteiger partial charge in [-0.15, -0.1) is 0 Å². The third-order valence-corrected chi connectivity index (χ3v) is 7.17. The van der Waals surface area contributed by atoms with Crippen LogP contribution in [0.4, 0.5) is 4.79 Å². The van der Waals surface area contributed by atoms with E-state index in [1.54, 1.807) is 6.92 Å². The molecule has 0 aliphatic heterocycles. The zero-order valence-electron chi connectivity index (χ0n) is 21.2. The van der Waals surface area contributed by atoms with Gasteiger partial charge in [0.15, 0.2) is 0 Å². The van der Waals surface area contributed by atoms with Crippen LogP contribution in [0.25, 0.3) is 11.1 Å². The first-order chi connectivity index (χ1) is 17.7. The van der Waals surface area contributed by atoms with Crippen LogP contribution in [0.5, 0.6) is 0 Å². The van der Waals surface area contributed by atoms with Crippen molar-refractivity contribution in [2.75, 3.05) is 20.2 Å². The Bertz CT molecular complexity index is 1140. The van der Waals surface area contributed by atoms with E-state index in [9.17, 15) is 19.2 Å². The summed E-state index contributed by atoms with van der Waals surface area (Å²) >= 11 is 0. The Kier molecular flexibility index (Phi) is 7.80. The number of carbonyl (C=O) groups excluding carboxylic acids is 3. The Morgan fingerprint density at radius 1 is 1.03 bits per heavy atom. The van der Waals surface area contributed by atoms with E-state index in [-0.39, 0.29) is 31.4 Å². The first-order valence-corrected chi connectivity index (χ1v) is 12.6. The van der Waals surface area contributed by atoms with Gasteiger partial charge in [0.1, 0.15) is 12.1 Å². The average molecular weight is 508 g/mol. The number of rotatable bonds is 9. The van der Waals surface area contributed by atoms with Crippen molar-refractivity contribution in [1.29, 1.82) is 0 Å². The molecule has 0 heterocycles. The summed E-state index contributed by atoms with van der Waals surface area (Å²) in [5.41, 5.74) is 3.33. The van der Waals surface area contributed by atoms with Crippen LogP contribution in [0.3, 0.4) is 0 Å². The van der Waals surface area contributed by atoms with Crippen molar-refractivity contribution >= 4 is 23.9 Å². The summed E-state index contributed by atoms with van der Waals surface area (Å²) in [6, 6.07) is 15.6. The number of hydrogen-bond acceptors (Lipinski definition) is 5. The van der Waals surface area contributed by atoms with E-state index in [0.717, 1.165) is 35.1 Å². The second-order valence-corrected chi connectivity index (χ2v) is 9.97. The van der Waals surface area contributed by atoms with Crippen LogP contribution in [0, 0.1) is 0 Å². The van der Waals surface area contributed by atoms with E-state index in [0.29, 0.717) is 12.8 Å². The molecule has 9 nitrogen and oxygen atoms in total. The van der Waals surface area contributed by atoms with E-state index in [4.69, 9.17) is 9.84 Å². The van der Waals surface area contributed by atoms with Crippen molar-refractivity contribution in [3.8, 4) is 11.1 Å². The molecule has 2 aliphatic carbocycles. The molecule has 9 heteroatoms. The topological polar surface area (TPSA) is 125 Å². The number of aliphatic carboxylic acids is 1. The number of nitrogens with zero attached hydrogens (tertiary/aromatic N) is 1. The summed E-state index contributed by atoms with van der Waals surface area (Å²) in [5, 5.41) is 14.3. The Labute approximate surface area is 216 Å². The zero-order chi connectivity index (χ0) is 26.6. The molecule has 196 valence electrons. The molecule has 0 aromatic heterocycles. The standard InChI is InChI=1S/C28H33N3O6/c1-18(15-25(33)34)29-24(32)16-31(2)26(35)28(13-7-8-14-28)30-27(36)37-17-23-21-11-5-3-9-19(21)20-10-4-6-12-22(20)23/h3-6,9-12,18,23H,7-8,13-17H2,1-2H3,(H,29,32)(H,30,36)(H,33,34)/t18-/m1/s1. The quantitative estimate of drug-likeness (QED) is 0.478. The normalized spacial score (nSPS) is 16.3. The lowest BCUT2D eigenvalue weighted by atomic mass is 9.95. The van der Waals surface area contributed by atoms with Crippen LogP contribution in [0.2, 0.25) is 0 Å². The lowest BCUT2D eigenvalue weighted by molar-refractivity contribution is -0.141. The van der Waals surface area contributed by atoms with Gasteiger partial charge in [0, 0.05) is 19.0 Å². The molecule has 0 unspecified atom stereocenters. The lowest BCUT2D eigenvalue weighted by Crippen LogP contribution is -2.58. The maximum atomic E-state index is 13.4. The molecule has 4 rings (SSSR count). The van der Waals surface area contributed by atoms with E-state index in [1.807, 2.05) is 36.4 Å². The Morgan fingerprint density at radius 2 is 1.59 bits per heavy atom. The minimum Gasteiger partial charge on any atom is -0.481 e. The number of benzene rings is 2. The maximum absolute atomic E-state index is 13.4. The summed E-state index contributed by atoms with van der Waals surface area (Å²) in [6.45, 7) is 1.49. The molecule has 3 N–H and O–H groups in total. The van der Waals surface area contributed by atoms with Gasteiger partial charge in [-0.05, 0) is 42.0 Å². The zero-order valence-corrected chi connectivity index (χ0v) is 21.2. The van der Waals surface area contributed by atoms with Gasteiger partial charge in [0.2, 0.25) is 11.8 Å². The number of nitrogens with one attached hydrogen (secondary N) is 2. The highest BCUT2D eigenvalue weighted by molar-refractivity contribution is 5.93. The smallest absolute Gasteiger partial charge is 0.408 e. The van der Waals surface area contributed by atoms with Crippen LogP contribution in [-0.2, 0) is 19.1 Å². The number of carbonyl (C=O) groups is 4. The van der Waals surface area contributed by atoms with Gasteiger partial charge in [-0.2, -0.15) is 0 Å². The van der Waals surface area contributed by atoms with Crippen molar-refractivity contribution in [2.24, 2.45) is 0 Å². The molecule has 0 spiro atoms. The van der Waals surface area contributed by atoms with E-state index in [1.165, 1.54) is 11.9 Å². The Morgan fingerprint density at radius 3 is 2.16 bits per heavy atom. The minimum atomic E-state index is -1.13. The van der Waals surface area contributed by atoms with Crippen LogP contribution in [-0.4, -0.2) is 65.7 Å².